The number of benzene rings is 1. The molecule has 1 fully saturated rings. The number of hydrogen-bond acceptors (Lipinski definition) is 3. The van der Waals surface area contributed by atoms with Crippen LogP contribution in [-0.2, 0) is 11.3 Å². The number of primary amides is 1. The number of carbonyl (C=O) groups excluding carboxylic acids is 1. The van der Waals surface area contributed by atoms with Crippen molar-refractivity contribution < 1.29 is 9.53 Å². The maximum atomic E-state index is 11.0. The highest BCUT2D eigenvalue weighted by molar-refractivity contribution is 6.31. The molecule has 4 nitrogen and oxygen atoms in total. The van der Waals surface area contributed by atoms with Crippen molar-refractivity contribution in [2.24, 2.45) is 17.4 Å². The molecule has 0 spiro atoms. The largest absolute Gasteiger partial charge is 0.373 e. The van der Waals surface area contributed by atoms with Gasteiger partial charge in [-0.05, 0) is 43.0 Å². The fourth-order valence-electron chi connectivity index (χ4n) is 2.03. The lowest BCUT2D eigenvalue weighted by Gasteiger charge is -2.34. The van der Waals surface area contributed by atoms with E-state index in [-0.39, 0.29) is 6.10 Å². The van der Waals surface area contributed by atoms with Gasteiger partial charge < -0.3 is 16.2 Å². The third-order valence-corrected chi connectivity index (χ3v) is 3.69. The van der Waals surface area contributed by atoms with Gasteiger partial charge in [-0.15, -0.1) is 0 Å². The second-order valence-corrected chi connectivity index (χ2v) is 5.08. The van der Waals surface area contributed by atoms with Gasteiger partial charge in [0.15, 0.2) is 0 Å². The van der Waals surface area contributed by atoms with Crippen molar-refractivity contribution >= 4 is 17.5 Å². The minimum Gasteiger partial charge on any atom is -0.373 e. The molecule has 98 valence electrons. The molecule has 0 radical (unpaired) electrons. The second kappa shape index (κ2) is 5.69. The van der Waals surface area contributed by atoms with E-state index in [0.29, 0.717) is 23.1 Å². The maximum absolute atomic E-state index is 11.0. The van der Waals surface area contributed by atoms with E-state index in [0.717, 1.165) is 24.9 Å². The van der Waals surface area contributed by atoms with Crippen LogP contribution in [0.1, 0.15) is 28.8 Å². The van der Waals surface area contributed by atoms with Gasteiger partial charge in [-0.1, -0.05) is 17.7 Å². The Hall–Kier alpha value is -1.10. The molecule has 2 rings (SSSR count). The molecule has 0 saturated heterocycles. The van der Waals surface area contributed by atoms with Crippen LogP contribution in [0, 0.1) is 5.92 Å². The fraction of sp³-hybridized carbons (Fsp3) is 0.462. The summed E-state index contributed by atoms with van der Waals surface area (Å²) in [6.45, 7) is 1.19. The zero-order valence-electron chi connectivity index (χ0n) is 10.1. The summed E-state index contributed by atoms with van der Waals surface area (Å²) in [5, 5.41) is 0.515. The minimum atomic E-state index is -0.478. The van der Waals surface area contributed by atoms with Gasteiger partial charge in [0.05, 0.1) is 12.7 Å². The minimum absolute atomic E-state index is 0.283. The van der Waals surface area contributed by atoms with Crippen LogP contribution in [0.15, 0.2) is 18.2 Å². The van der Waals surface area contributed by atoms with E-state index in [1.54, 1.807) is 18.2 Å². The van der Waals surface area contributed by atoms with Crippen LogP contribution in [0.5, 0.6) is 0 Å². The van der Waals surface area contributed by atoms with Crippen LogP contribution in [0.25, 0.3) is 0 Å². The number of nitrogens with two attached hydrogens (primary N) is 2. The van der Waals surface area contributed by atoms with Gasteiger partial charge in [-0.2, -0.15) is 0 Å². The van der Waals surface area contributed by atoms with Crippen molar-refractivity contribution in [2.45, 2.75) is 25.6 Å². The molecular formula is C13H17ClN2O2. The summed E-state index contributed by atoms with van der Waals surface area (Å²) in [6, 6.07) is 5.02. The van der Waals surface area contributed by atoms with Gasteiger partial charge >= 0.3 is 0 Å². The van der Waals surface area contributed by atoms with Gasteiger partial charge in [0.1, 0.15) is 0 Å². The van der Waals surface area contributed by atoms with Crippen LogP contribution in [0.3, 0.4) is 0 Å². The summed E-state index contributed by atoms with van der Waals surface area (Å²) in [4.78, 5) is 11.0. The zero-order chi connectivity index (χ0) is 13.1. The third-order valence-electron chi connectivity index (χ3n) is 3.34. The van der Waals surface area contributed by atoms with E-state index in [2.05, 4.69) is 0 Å². The lowest BCUT2D eigenvalue weighted by Crippen LogP contribution is -2.35. The number of carbonyl (C=O) groups is 1. The molecule has 5 heteroatoms. The Kier molecular flexibility index (Phi) is 4.22. The average molecular weight is 269 g/mol. The molecule has 0 bridgehead atoms. The molecule has 4 N–H and O–H groups in total. The Morgan fingerprint density at radius 3 is 2.72 bits per heavy atom. The highest BCUT2D eigenvalue weighted by Crippen LogP contribution is 2.30. The van der Waals surface area contributed by atoms with Crippen molar-refractivity contribution in [3.63, 3.8) is 0 Å². The van der Waals surface area contributed by atoms with E-state index in [9.17, 15) is 4.79 Å². The molecular weight excluding hydrogens is 252 g/mol. The molecule has 0 aliphatic heterocycles. The monoisotopic (exact) mass is 268 g/mol. The van der Waals surface area contributed by atoms with Gasteiger partial charge in [-0.3, -0.25) is 4.79 Å². The first-order valence-corrected chi connectivity index (χ1v) is 6.38. The number of rotatable bonds is 5. The van der Waals surface area contributed by atoms with Gasteiger partial charge in [0.2, 0.25) is 5.91 Å². The zero-order valence-corrected chi connectivity index (χ0v) is 10.8. The first-order chi connectivity index (χ1) is 8.60. The molecule has 1 aliphatic carbocycles. The predicted octanol–water partition coefficient (Wildman–Crippen LogP) is 1.69. The topological polar surface area (TPSA) is 78.3 Å². The van der Waals surface area contributed by atoms with Crippen molar-refractivity contribution in [3.05, 3.63) is 34.3 Å². The number of halogens is 1. The second-order valence-electron chi connectivity index (χ2n) is 4.68. The van der Waals surface area contributed by atoms with Crippen molar-refractivity contribution in [1.29, 1.82) is 0 Å². The normalized spacial score (nSPS) is 22.6. The average Bonchev–Trinajstić information content (AvgIpc) is 2.28. The molecule has 18 heavy (non-hydrogen) atoms. The molecule has 1 aromatic carbocycles. The molecule has 0 unspecified atom stereocenters. The van der Waals surface area contributed by atoms with E-state index in [1.807, 2.05) is 0 Å². The van der Waals surface area contributed by atoms with E-state index < -0.39 is 5.91 Å². The van der Waals surface area contributed by atoms with Crippen molar-refractivity contribution in [3.8, 4) is 0 Å². The van der Waals surface area contributed by atoms with E-state index in [1.165, 1.54) is 0 Å². The Labute approximate surface area is 111 Å². The SMILES string of the molecule is NCC1CC(OCc2ccc(C(N)=O)cc2Cl)C1. The fourth-order valence-corrected chi connectivity index (χ4v) is 2.26. The van der Waals surface area contributed by atoms with E-state index in [4.69, 9.17) is 27.8 Å². The Morgan fingerprint density at radius 1 is 1.44 bits per heavy atom. The van der Waals surface area contributed by atoms with Crippen LogP contribution in [0.4, 0.5) is 0 Å². The number of amides is 1. The first kappa shape index (κ1) is 13.3. The summed E-state index contributed by atoms with van der Waals surface area (Å²) in [6.07, 6.45) is 2.33. The quantitative estimate of drug-likeness (QED) is 0.853. The predicted molar refractivity (Wildman–Crippen MR) is 70.3 cm³/mol. The van der Waals surface area contributed by atoms with Crippen molar-refractivity contribution in [2.75, 3.05) is 6.54 Å². The lowest BCUT2D eigenvalue weighted by molar-refractivity contribution is -0.0375. The molecule has 1 aromatic rings. The highest BCUT2D eigenvalue weighted by Gasteiger charge is 2.28. The summed E-state index contributed by atoms with van der Waals surface area (Å²) in [5.41, 5.74) is 12.0. The molecule has 1 saturated carbocycles. The Morgan fingerprint density at radius 2 is 2.17 bits per heavy atom. The van der Waals surface area contributed by atoms with Gasteiger partial charge in [-0.25, -0.2) is 0 Å². The Balaban J connectivity index is 1.88. The Bertz CT molecular complexity index is 445. The van der Waals surface area contributed by atoms with Crippen LogP contribution in [0.2, 0.25) is 5.02 Å². The summed E-state index contributed by atoms with van der Waals surface area (Å²) in [7, 11) is 0. The maximum Gasteiger partial charge on any atom is 0.248 e. The molecule has 0 aromatic heterocycles. The summed E-state index contributed by atoms with van der Waals surface area (Å²) < 4.78 is 5.72. The first-order valence-electron chi connectivity index (χ1n) is 6.00. The lowest BCUT2D eigenvalue weighted by atomic mass is 9.82. The smallest absolute Gasteiger partial charge is 0.248 e. The molecule has 0 heterocycles. The molecule has 1 aliphatic rings. The van der Waals surface area contributed by atoms with Crippen LogP contribution >= 0.6 is 11.6 Å². The highest BCUT2D eigenvalue weighted by atomic mass is 35.5. The van der Waals surface area contributed by atoms with Gasteiger partial charge in [0.25, 0.3) is 0 Å². The standard InChI is InChI=1S/C13H17ClN2O2/c14-12-5-9(13(16)17)1-2-10(12)7-18-11-3-8(4-11)6-15/h1-2,5,8,11H,3-4,6-7,15H2,(H2,16,17). The number of ether oxygens (including phenoxy) is 1. The third kappa shape index (κ3) is 3.02. The van der Waals surface area contributed by atoms with Crippen LogP contribution < -0.4 is 11.5 Å². The number of hydrogen-bond donors (Lipinski definition) is 2. The van der Waals surface area contributed by atoms with Gasteiger partial charge in [0, 0.05) is 10.6 Å². The van der Waals surface area contributed by atoms with Crippen molar-refractivity contribution in [1.82, 2.24) is 0 Å². The molecule has 0 atom stereocenters. The van der Waals surface area contributed by atoms with E-state index >= 15 is 0 Å². The summed E-state index contributed by atoms with van der Waals surface area (Å²) in [5.74, 6) is 0.122. The molecule has 1 amide bonds. The summed E-state index contributed by atoms with van der Waals surface area (Å²) >= 11 is 6.07. The van der Waals surface area contributed by atoms with Crippen LogP contribution in [-0.4, -0.2) is 18.6 Å².